The molecule has 2 rings (SSSR count). The van der Waals surface area contributed by atoms with Gasteiger partial charge in [0.15, 0.2) is 0 Å². The van der Waals surface area contributed by atoms with Gasteiger partial charge >= 0.3 is 18.0 Å². The Labute approximate surface area is 166 Å². The molecule has 0 aromatic heterocycles. The number of carboxylic acids is 1. The molecule has 0 fully saturated rings. The minimum Gasteiger partial charge on any atom is -0.481 e. The predicted molar refractivity (Wildman–Crippen MR) is 100 cm³/mol. The summed E-state index contributed by atoms with van der Waals surface area (Å²) in [7, 11) is 0. The number of hydrogen-bond donors (Lipinski definition) is 2. The number of ether oxygens (including phenoxy) is 1. The summed E-state index contributed by atoms with van der Waals surface area (Å²) in [6, 6.07) is 15.3. The molecular weight excluding hydrogens is 384 g/mol. The largest absolute Gasteiger partial charge is 0.481 e. The van der Waals surface area contributed by atoms with Gasteiger partial charge in [0, 0.05) is 6.42 Å². The topological polar surface area (TPSA) is 92.7 Å². The molecule has 0 heterocycles. The number of alkyl halides is 2. The maximum Gasteiger partial charge on any atom is 0.408 e. The molecule has 154 valence electrons. The lowest BCUT2D eigenvalue weighted by molar-refractivity contribution is -0.167. The molecule has 0 aliphatic rings. The molecule has 0 spiro atoms. The van der Waals surface area contributed by atoms with Crippen molar-refractivity contribution in [1.82, 2.24) is 5.32 Å². The van der Waals surface area contributed by atoms with Gasteiger partial charge in [-0.15, -0.1) is 0 Å². The van der Waals surface area contributed by atoms with Crippen LogP contribution in [0.25, 0.3) is 0 Å². The molecule has 6 nitrogen and oxygen atoms in total. The second kappa shape index (κ2) is 9.77. The van der Waals surface area contributed by atoms with Gasteiger partial charge in [0.1, 0.15) is 18.6 Å². The van der Waals surface area contributed by atoms with Gasteiger partial charge in [-0.2, -0.15) is 8.78 Å². The first-order valence-corrected chi connectivity index (χ1v) is 8.88. The Kier molecular flexibility index (Phi) is 7.41. The zero-order chi connectivity index (χ0) is 21.4. The summed E-state index contributed by atoms with van der Waals surface area (Å²) in [4.78, 5) is 35.5. The summed E-state index contributed by atoms with van der Waals surface area (Å²) in [6.45, 7) is 0.633. The minimum absolute atomic E-state index is 0.110. The number of halogens is 2. The quantitative estimate of drug-likeness (QED) is 0.667. The molecule has 0 saturated heterocycles. The van der Waals surface area contributed by atoms with Crippen molar-refractivity contribution < 1.29 is 33.0 Å². The first-order chi connectivity index (χ1) is 13.7. The number of carboxylic acid groups (broad SMARTS) is 1. The van der Waals surface area contributed by atoms with E-state index < -0.39 is 35.7 Å². The van der Waals surface area contributed by atoms with Gasteiger partial charge in [-0.25, -0.2) is 4.79 Å². The summed E-state index contributed by atoms with van der Waals surface area (Å²) in [6.07, 6.45) is -1.29. The number of alkyl carbamates (subject to hydrolysis) is 1. The van der Waals surface area contributed by atoms with Crippen molar-refractivity contribution in [3.8, 4) is 0 Å². The van der Waals surface area contributed by atoms with E-state index in [-0.39, 0.29) is 13.0 Å². The zero-order valence-corrected chi connectivity index (χ0v) is 15.7. The molecule has 0 radical (unpaired) electrons. The average Bonchev–Trinajstić information content (AvgIpc) is 2.72. The molecule has 0 aliphatic carbocycles. The van der Waals surface area contributed by atoms with Crippen molar-refractivity contribution in [2.75, 3.05) is 0 Å². The van der Waals surface area contributed by atoms with Gasteiger partial charge in [-0.3, -0.25) is 9.59 Å². The Bertz CT molecular complexity index is 843. The van der Waals surface area contributed by atoms with Crippen molar-refractivity contribution in [3.63, 3.8) is 0 Å². The van der Waals surface area contributed by atoms with E-state index in [0.717, 1.165) is 6.92 Å². The van der Waals surface area contributed by atoms with E-state index in [9.17, 15) is 23.2 Å². The molecule has 0 bridgehead atoms. The number of hydrogen-bond acceptors (Lipinski definition) is 4. The number of aliphatic carboxylic acids is 1. The fraction of sp³-hybridized carbons (Fsp3) is 0.286. The van der Waals surface area contributed by atoms with E-state index in [1.54, 1.807) is 60.7 Å². The highest BCUT2D eigenvalue weighted by Crippen LogP contribution is 2.28. The number of ketones is 1. The molecule has 29 heavy (non-hydrogen) atoms. The lowest BCUT2D eigenvalue weighted by Crippen LogP contribution is -2.53. The Balaban J connectivity index is 2.14. The van der Waals surface area contributed by atoms with Crippen LogP contribution in [0.3, 0.4) is 0 Å². The molecule has 2 atom stereocenters. The number of carbonyl (C=O) groups excluding carboxylic acids is 2. The second-order valence-electron chi connectivity index (χ2n) is 6.50. The predicted octanol–water partition coefficient (Wildman–Crippen LogP) is 3.45. The fourth-order valence-corrected chi connectivity index (χ4v) is 2.57. The van der Waals surface area contributed by atoms with Crippen LogP contribution in [0.5, 0.6) is 0 Å². The highest BCUT2D eigenvalue weighted by molar-refractivity contribution is 5.96. The molecule has 1 amide bonds. The number of carbonyl (C=O) groups is 3. The SMILES string of the molecule is CC(C(=O)O)C(F)(F)C(=O)C(Cc1ccccc1)NC(=O)OCc1ccccc1. The highest BCUT2D eigenvalue weighted by Gasteiger charge is 2.51. The van der Waals surface area contributed by atoms with Gasteiger partial charge in [-0.1, -0.05) is 60.7 Å². The van der Waals surface area contributed by atoms with E-state index in [1.165, 1.54) is 0 Å². The van der Waals surface area contributed by atoms with Crippen LogP contribution in [0.2, 0.25) is 0 Å². The Morgan fingerprint density at radius 2 is 1.52 bits per heavy atom. The van der Waals surface area contributed by atoms with Crippen LogP contribution in [-0.4, -0.2) is 34.9 Å². The molecule has 2 aromatic carbocycles. The van der Waals surface area contributed by atoms with E-state index in [4.69, 9.17) is 9.84 Å². The van der Waals surface area contributed by atoms with Crippen LogP contribution in [0.15, 0.2) is 60.7 Å². The van der Waals surface area contributed by atoms with Gasteiger partial charge in [-0.05, 0) is 18.1 Å². The third kappa shape index (κ3) is 6.10. The van der Waals surface area contributed by atoms with Gasteiger partial charge in [0.05, 0.1) is 0 Å². The van der Waals surface area contributed by atoms with Crippen molar-refractivity contribution >= 4 is 17.8 Å². The third-order valence-corrected chi connectivity index (χ3v) is 4.35. The molecule has 0 saturated carbocycles. The fourth-order valence-electron chi connectivity index (χ4n) is 2.57. The summed E-state index contributed by atoms with van der Waals surface area (Å²) in [5.74, 6) is -9.91. The lowest BCUT2D eigenvalue weighted by atomic mass is 9.92. The van der Waals surface area contributed by atoms with Gasteiger partial charge in [0.25, 0.3) is 0 Å². The number of rotatable bonds is 9. The molecule has 2 N–H and O–H groups in total. The molecule has 0 aliphatic heterocycles. The third-order valence-electron chi connectivity index (χ3n) is 4.35. The van der Waals surface area contributed by atoms with Crippen molar-refractivity contribution in [2.24, 2.45) is 5.92 Å². The smallest absolute Gasteiger partial charge is 0.408 e. The molecule has 8 heteroatoms. The van der Waals surface area contributed by atoms with Crippen LogP contribution in [0, 0.1) is 5.92 Å². The summed E-state index contributed by atoms with van der Waals surface area (Å²) in [5, 5.41) is 11.0. The van der Waals surface area contributed by atoms with Crippen LogP contribution >= 0.6 is 0 Å². The van der Waals surface area contributed by atoms with Crippen molar-refractivity contribution in [1.29, 1.82) is 0 Å². The summed E-state index contributed by atoms with van der Waals surface area (Å²) in [5.41, 5.74) is 1.20. The lowest BCUT2D eigenvalue weighted by Gasteiger charge is -2.25. The number of benzene rings is 2. The Morgan fingerprint density at radius 1 is 1.00 bits per heavy atom. The van der Waals surface area contributed by atoms with Gasteiger partial charge in [0.2, 0.25) is 5.78 Å². The number of nitrogens with one attached hydrogen (secondary N) is 1. The standard InChI is InChI=1S/C21H21F2NO5/c1-14(19(26)27)21(22,23)18(25)17(12-15-8-4-2-5-9-15)24-20(28)29-13-16-10-6-3-7-11-16/h2-11,14,17H,12-13H2,1H3,(H,24,28)(H,26,27). The Hall–Kier alpha value is -3.29. The maximum absolute atomic E-state index is 14.4. The molecule has 2 unspecified atom stereocenters. The highest BCUT2D eigenvalue weighted by atomic mass is 19.3. The molecular formula is C21H21F2NO5. The minimum atomic E-state index is -4.17. The monoisotopic (exact) mass is 405 g/mol. The van der Waals surface area contributed by atoms with Crippen LogP contribution < -0.4 is 5.32 Å². The van der Waals surface area contributed by atoms with E-state index in [2.05, 4.69) is 5.32 Å². The van der Waals surface area contributed by atoms with Crippen LogP contribution in [0.4, 0.5) is 13.6 Å². The summed E-state index contributed by atoms with van der Waals surface area (Å²) >= 11 is 0. The Morgan fingerprint density at radius 3 is 2.03 bits per heavy atom. The maximum atomic E-state index is 14.4. The first kappa shape index (κ1) is 22.0. The summed E-state index contributed by atoms with van der Waals surface area (Å²) < 4.78 is 33.8. The van der Waals surface area contributed by atoms with Gasteiger partial charge < -0.3 is 15.2 Å². The van der Waals surface area contributed by atoms with E-state index in [0.29, 0.717) is 11.1 Å². The second-order valence-corrected chi connectivity index (χ2v) is 6.50. The van der Waals surface area contributed by atoms with E-state index in [1.807, 2.05) is 0 Å². The first-order valence-electron chi connectivity index (χ1n) is 8.88. The normalized spacial score (nSPS) is 13.2. The van der Waals surface area contributed by atoms with E-state index >= 15 is 0 Å². The molecule has 2 aromatic rings. The number of amides is 1. The van der Waals surface area contributed by atoms with Crippen LogP contribution in [0.1, 0.15) is 18.1 Å². The zero-order valence-electron chi connectivity index (χ0n) is 15.7. The van der Waals surface area contributed by atoms with Crippen LogP contribution in [-0.2, 0) is 27.4 Å². The average molecular weight is 405 g/mol. The van der Waals surface area contributed by atoms with Crippen molar-refractivity contribution in [2.45, 2.75) is 31.9 Å². The van der Waals surface area contributed by atoms with Crippen molar-refractivity contribution in [3.05, 3.63) is 71.8 Å². The number of Topliss-reactive ketones (excluding diaryl/α,β-unsaturated/α-hetero) is 1.